The minimum atomic E-state index is -0.221. The molecule has 0 saturated carbocycles. The molecule has 1 aliphatic rings. The van der Waals surface area contributed by atoms with Gasteiger partial charge in [0.15, 0.2) is 0 Å². The fourth-order valence-electron chi connectivity index (χ4n) is 3.26. The Labute approximate surface area is 138 Å². The van der Waals surface area contributed by atoms with Crippen LogP contribution in [0.5, 0.6) is 0 Å². The smallest absolute Gasteiger partial charge is 0.277 e. The van der Waals surface area contributed by atoms with Gasteiger partial charge in [-0.3, -0.25) is 9.59 Å². The van der Waals surface area contributed by atoms with Gasteiger partial charge in [0.25, 0.3) is 5.56 Å². The molecule has 1 amide bonds. The summed E-state index contributed by atoms with van der Waals surface area (Å²) in [4.78, 5) is 25.0. The number of anilines is 1. The van der Waals surface area contributed by atoms with Crippen molar-refractivity contribution in [3.8, 4) is 0 Å². The van der Waals surface area contributed by atoms with E-state index in [0.29, 0.717) is 5.52 Å². The fourth-order valence-corrected chi connectivity index (χ4v) is 3.26. The number of hydrogen-bond acceptors (Lipinski definition) is 3. The topological polar surface area (TPSA) is 68.4 Å². The van der Waals surface area contributed by atoms with Gasteiger partial charge in [-0.15, -0.1) is 0 Å². The molecule has 2 heterocycles. The van der Waals surface area contributed by atoms with Gasteiger partial charge in [-0.1, -0.05) is 18.2 Å². The predicted octanol–water partition coefficient (Wildman–Crippen LogP) is 2.01. The Hall–Kier alpha value is -2.89. The summed E-state index contributed by atoms with van der Waals surface area (Å²) < 4.78 is 3.11. The Morgan fingerprint density at radius 2 is 1.92 bits per heavy atom. The SMILES string of the molecule is O=C(Cn1ccn2nc3c(c2c1=O)CCCC3)Nc1ccccc1. The van der Waals surface area contributed by atoms with E-state index in [-0.39, 0.29) is 18.0 Å². The quantitative estimate of drug-likeness (QED) is 0.802. The Morgan fingerprint density at radius 1 is 1.12 bits per heavy atom. The molecule has 3 aromatic rings. The van der Waals surface area contributed by atoms with Crippen LogP contribution in [0.3, 0.4) is 0 Å². The van der Waals surface area contributed by atoms with Crippen LogP contribution in [0, 0.1) is 0 Å². The summed E-state index contributed by atoms with van der Waals surface area (Å²) in [6, 6.07) is 9.23. The summed E-state index contributed by atoms with van der Waals surface area (Å²) in [5, 5.41) is 7.31. The number of para-hydroxylation sites is 1. The maximum Gasteiger partial charge on any atom is 0.277 e. The molecule has 6 heteroatoms. The highest BCUT2D eigenvalue weighted by Crippen LogP contribution is 2.22. The second-order valence-corrected chi connectivity index (χ2v) is 6.07. The molecule has 0 bridgehead atoms. The van der Waals surface area contributed by atoms with Gasteiger partial charge in [0.2, 0.25) is 5.91 Å². The van der Waals surface area contributed by atoms with Gasteiger partial charge >= 0.3 is 0 Å². The van der Waals surface area contributed by atoms with E-state index in [0.717, 1.165) is 42.6 Å². The molecular weight excluding hydrogens is 304 g/mol. The zero-order valence-electron chi connectivity index (χ0n) is 13.2. The zero-order chi connectivity index (χ0) is 16.5. The molecule has 0 aliphatic heterocycles. The summed E-state index contributed by atoms with van der Waals surface area (Å²) in [7, 11) is 0. The molecule has 1 aliphatic carbocycles. The maximum atomic E-state index is 12.8. The lowest BCUT2D eigenvalue weighted by Crippen LogP contribution is -2.28. The van der Waals surface area contributed by atoms with Gasteiger partial charge in [-0.2, -0.15) is 5.10 Å². The molecule has 1 aromatic carbocycles. The van der Waals surface area contributed by atoms with Gasteiger partial charge in [0.05, 0.1) is 5.69 Å². The number of amides is 1. The molecule has 122 valence electrons. The molecule has 6 nitrogen and oxygen atoms in total. The van der Waals surface area contributed by atoms with Crippen molar-refractivity contribution in [2.45, 2.75) is 32.2 Å². The van der Waals surface area contributed by atoms with Gasteiger partial charge < -0.3 is 9.88 Å². The number of hydrogen-bond donors (Lipinski definition) is 1. The summed E-state index contributed by atoms with van der Waals surface area (Å²) in [5.74, 6) is -0.221. The molecule has 4 rings (SSSR count). The van der Waals surface area contributed by atoms with Crippen molar-refractivity contribution in [1.82, 2.24) is 14.2 Å². The van der Waals surface area contributed by atoms with E-state index in [1.165, 1.54) is 4.57 Å². The van der Waals surface area contributed by atoms with Crippen molar-refractivity contribution in [3.63, 3.8) is 0 Å². The predicted molar refractivity (Wildman–Crippen MR) is 91.2 cm³/mol. The number of carbonyl (C=O) groups excluding carboxylic acids is 1. The first-order valence-corrected chi connectivity index (χ1v) is 8.17. The van der Waals surface area contributed by atoms with Crippen LogP contribution in [0.1, 0.15) is 24.1 Å². The lowest BCUT2D eigenvalue weighted by atomic mass is 9.97. The van der Waals surface area contributed by atoms with E-state index in [2.05, 4.69) is 10.4 Å². The molecule has 0 saturated heterocycles. The lowest BCUT2D eigenvalue weighted by molar-refractivity contribution is -0.116. The van der Waals surface area contributed by atoms with Crippen LogP contribution in [-0.4, -0.2) is 20.1 Å². The number of fused-ring (bicyclic) bond motifs is 3. The highest BCUT2D eigenvalue weighted by Gasteiger charge is 2.20. The van der Waals surface area contributed by atoms with Crippen molar-refractivity contribution in [1.29, 1.82) is 0 Å². The fraction of sp³-hybridized carbons (Fsp3) is 0.278. The first-order chi connectivity index (χ1) is 11.7. The minimum Gasteiger partial charge on any atom is -0.325 e. The van der Waals surface area contributed by atoms with E-state index in [4.69, 9.17) is 0 Å². The number of rotatable bonds is 3. The van der Waals surface area contributed by atoms with Crippen LogP contribution in [0.4, 0.5) is 5.69 Å². The summed E-state index contributed by atoms with van der Waals surface area (Å²) in [5.41, 5.74) is 3.24. The van der Waals surface area contributed by atoms with Gasteiger partial charge in [0.1, 0.15) is 12.1 Å². The Morgan fingerprint density at radius 3 is 2.75 bits per heavy atom. The standard InChI is InChI=1S/C18H18N4O2/c23-16(19-13-6-2-1-3-7-13)12-21-10-11-22-17(18(21)24)14-8-4-5-9-15(14)20-22/h1-3,6-7,10-11H,4-5,8-9,12H2,(H,19,23). The zero-order valence-corrected chi connectivity index (χ0v) is 13.2. The van der Waals surface area contributed by atoms with E-state index in [1.54, 1.807) is 16.9 Å². The third-order valence-electron chi connectivity index (χ3n) is 4.40. The average Bonchev–Trinajstić information content (AvgIpc) is 2.97. The average molecular weight is 322 g/mol. The normalized spacial score (nSPS) is 13.7. The molecule has 24 heavy (non-hydrogen) atoms. The summed E-state index contributed by atoms with van der Waals surface area (Å²) in [6.45, 7) is -0.00974. The van der Waals surface area contributed by atoms with E-state index in [1.807, 2.05) is 30.3 Å². The van der Waals surface area contributed by atoms with E-state index < -0.39 is 0 Å². The molecule has 0 radical (unpaired) electrons. The number of nitrogens with zero attached hydrogens (tertiary/aromatic N) is 3. The van der Waals surface area contributed by atoms with Gasteiger partial charge in [0, 0.05) is 23.6 Å². The summed E-state index contributed by atoms with van der Waals surface area (Å²) >= 11 is 0. The summed E-state index contributed by atoms with van der Waals surface area (Å²) in [6.07, 6.45) is 7.38. The largest absolute Gasteiger partial charge is 0.325 e. The van der Waals surface area contributed by atoms with Crippen LogP contribution in [-0.2, 0) is 24.2 Å². The number of aromatic nitrogens is 3. The highest BCUT2D eigenvalue weighted by molar-refractivity contribution is 5.90. The van der Waals surface area contributed by atoms with Crippen LogP contribution >= 0.6 is 0 Å². The minimum absolute atomic E-state index is 0.00974. The van der Waals surface area contributed by atoms with Crippen LogP contribution < -0.4 is 10.9 Å². The molecule has 0 spiro atoms. The van der Waals surface area contributed by atoms with Crippen molar-refractivity contribution in [2.75, 3.05) is 5.32 Å². The molecule has 0 fully saturated rings. The number of carbonyl (C=O) groups is 1. The third kappa shape index (κ3) is 2.60. The lowest BCUT2D eigenvalue weighted by Gasteiger charge is -2.10. The Balaban J connectivity index is 1.64. The second kappa shape index (κ2) is 5.96. The molecular formula is C18H18N4O2. The second-order valence-electron chi connectivity index (χ2n) is 6.07. The first-order valence-electron chi connectivity index (χ1n) is 8.17. The van der Waals surface area contributed by atoms with Gasteiger partial charge in [-0.25, -0.2) is 4.52 Å². The molecule has 2 aromatic heterocycles. The van der Waals surface area contributed by atoms with Crippen molar-refractivity contribution >= 4 is 17.1 Å². The van der Waals surface area contributed by atoms with Crippen molar-refractivity contribution in [3.05, 3.63) is 64.3 Å². The molecule has 0 unspecified atom stereocenters. The van der Waals surface area contributed by atoms with Crippen LogP contribution in [0.15, 0.2) is 47.5 Å². The molecule has 1 N–H and O–H groups in total. The van der Waals surface area contributed by atoms with Gasteiger partial charge in [-0.05, 0) is 37.8 Å². The highest BCUT2D eigenvalue weighted by atomic mass is 16.2. The molecule has 0 atom stereocenters. The van der Waals surface area contributed by atoms with Crippen LogP contribution in [0.2, 0.25) is 0 Å². The number of benzene rings is 1. The first kappa shape index (κ1) is 14.7. The monoisotopic (exact) mass is 322 g/mol. The number of nitrogens with one attached hydrogen (secondary N) is 1. The van der Waals surface area contributed by atoms with Crippen LogP contribution in [0.25, 0.3) is 5.52 Å². The van der Waals surface area contributed by atoms with E-state index >= 15 is 0 Å². The Kier molecular flexibility index (Phi) is 3.65. The van der Waals surface area contributed by atoms with Crippen molar-refractivity contribution < 1.29 is 4.79 Å². The maximum absolute atomic E-state index is 12.8. The third-order valence-corrected chi connectivity index (χ3v) is 4.40. The number of aryl methyl sites for hydroxylation is 2. The van der Waals surface area contributed by atoms with Crippen molar-refractivity contribution in [2.24, 2.45) is 0 Å². The Bertz CT molecular complexity index is 956. The van der Waals surface area contributed by atoms with E-state index in [9.17, 15) is 9.59 Å².